The third-order valence-electron chi connectivity index (χ3n) is 11.7. The second-order valence-electron chi connectivity index (χ2n) is 15.4. The van der Waals surface area contributed by atoms with Crippen LogP contribution in [-0.4, -0.2) is 96.4 Å². The number of hydrogen-bond acceptors (Lipinski definition) is 8. The number of benzene rings is 3. The first-order valence-electron chi connectivity index (χ1n) is 17.3. The van der Waals surface area contributed by atoms with Crippen LogP contribution >= 0.6 is 0 Å². The molecule has 0 amide bonds. The summed E-state index contributed by atoms with van der Waals surface area (Å²) in [5.74, 6) is -2.39. The molecule has 1 aromatic heterocycles. The van der Waals surface area contributed by atoms with E-state index in [-0.39, 0.29) is 44.6 Å². The molecule has 48 heavy (non-hydrogen) atoms. The maximum Gasteiger partial charge on any atom is 0.319 e. The summed E-state index contributed by atoms with van der Waals surface area (Å²) in [6.07, 6.45) is 6.81. The average Bonchev–Trinajstić information content (AvgIpc) is 3.37. The first-order chi connectivity index (χ1) is 23.2. The minimum Gasteiger partial charge on any atom is -0.508 e. The van der Waals surface area contributed by atoms with Gasteiger partial charge in [-0.2, -0.15) is 9.97 Å². The number of nitrogens with zero attached hydrogens (tertiary/aromatic N) is 5. The number of ether oxygens (including phenoxy) is 1. The van der Waals surface area contributed by atoms with Crippen molar-refractivity contribution in [3.8, 4) is 22.9 Å². The number of phenolic OH excluding ortho intramolecular Hbond substituents is 1. The molecule has 5 aliphatic rings. The molecule has 3 atom stereocenters. The zero-order chi connectivity index (χ0) is 32.8. The van der Waals surface area contributed by atoms with Crippen molar-refractivity contribution < 1.29 is 23.0 Å². The van der Waals surface area contributed by atoms with E-state index in [1.807, 2.05) is 0 Å². The fourth-order valence-corrected chi connectivity index (χ4v) is 9.07. The number of halogens is 3. The molecule has 3 aromatic carbocycles. The molecule has 3 unspecified atom stereocenters. The lowest BCUT2D eigenvalue weighted by Crippen LogP contribution is -2.51. The Labute approximate surface area is 277 Å². The Morgan fingerprint density at radius 1 is 0.917 bits per heavy atom. The highest BCUT2D eigenvalue weighted by Crippen LogP contribution is 2.49. The molecular weight excluding hydrogens is 617 g/mol. The maximum absolute atomic E-state index is 16.8. The summed E-state index contributed by atoms with van der Waals surface area (Å²) < 4.78 is 52.8. The fourth-order valence-electron chi connectivity index (χ4n) is 9.07. The molecule has 1 aliphatic carbocycles. The average molecular weight is 659 g/mol. The number of nitrogens with one attached hydrogen (secondary N) is 1. The zero-order valence-corrected chi connectivity index (χ0v) is 27.2. The van der Waals surface area contributed by atoms with E-state index in [2.05, 4.69) is 32.0 Å². The van der Waals surface area contributed by atoms with E-state index in [0.717, 1.165) is 64.5 Å². The number of aromatic nitrogens is 2. The van der Waals surface area contributed by atoms with Crippen LogP contribution in [0.15, 0.2) is 36.4 Å². The number of likely N-dealkylation sites (tertiary alicyclic amines) is 2. The lowest BCUT2D eigenvalue weighted by molar-refractivity contribution is 0.159. The SMILES string of the molecule is CN1CCC2(CCN(CC3(COc4nc(N5CC6CCC(C5)N6)c5ccc(-c6cc(O)cc7ccc(F)c(F)c67)c(F)c5n4)CC3)C2)C1. The minimum atomic E-state index is -1.09. The normalized spacial score (nSPS) is 26.8. The third-order valence-corrected chi connectivity index (χ3v) is 11.7. The number of aromatic hydroxyl groups is 1. The van der Waals surface area contributed by atoms with Crippen LogP contribution in [0.2, 0.25) is 0 Å². The van der Waals surface area contributed by atoms with Gasteiger partial charge in [0.15, 0.2) is 17.5 Å². The first-order valence-corrected chi connectivity index (χ1v) is 17.3. The molecule has 0 radical (unpaired) electrons. The van der Waals surface area contributed by atoms with Gasteiger partial charge in [-0.25, -0.2) is 13.2 Å². The summed E-state index contributed by atoms with van der Waals surface area (Å²) >= 11 is 0. The quantitative estimate of drug-likeness (QED) is 0.262. The molecule has 11 heteroatoms. The molecule has 1 spiro atoms. The lowest BCUT2D eigenvalue weighted by atomic mass is 9.86. The van der Waals surface area contributed by atoms with Crippen LogP contribution in [0.25, 0.3) is 32.8 Å². The smallest absolute Gasteiger partial charge is 0.319 e. The molecule has 4 aromatic rings. The zero-order valence-electron chi connectivity index (χ0n) is 27.2. The molecule has 8 nitrogen and oxygen atoms in total. The fraction of sp³-hybridized carbons (Fsp3) is 0.514. The number of hydrogen-bond donors (Lipinski definition) is 2. The lowest BCUT2D eigenvalue weighted by Gasteiger charge is -2.34. The summed E-state index contributed by atoms with van der Waals surface area (Å²) in [5, 5.41) is 14.8. The van der Waals surface area contributed by atoms with E-state index in [0.29, 0.717) is 35.3 Å². The predicted octanol–water partition coefficient (Wildman–Crippen LogP) is 5.70. The molecule has 2 N–H and O–H groups in total. The second kappa shape index (κ2) is 11.2. The molecular formula is C37H41F3N6O2. The first kappa shape index (κ1) is 30.4. The van der Waals surface area contributed by atoms with Gasteiger partial charge < -0.3 is 29.9 Å². The molecule has 5 heterocycles. The van der Waals surface area contributed by atoms with Crippen molar-refractivity contribution >= 4 is 27.5 Å². The Morgan fingerprint density at radius 2 is 1.71 bits per heavy atom. The van der Waals surface area contributed by atoms with Gasteiger partial charge in [0.2, 0.25) is 0 Å². The van der Waals surface area contributed by atoms with E-state index in [9.17, 15) is 9.50 Å². The number of piperazine rings is 1. The van der Waals surface area contributed by atoms with Crippen LogP contribution < -0.4 is 15.0 Å². The highest BCUT2D eigenvalue weighted by Gasteiger charge is 2.49. The maximum atomic E-state index is 16.8. The highest BCUT2D eigenvalue weighted by molar-refractivity contribution is 6.01. The molecule has 1 saturated carbocycles. The number of rotatable bonds is 7. The summed E-state index contributed by atoms with van der Waals surface area (Å²) in [5.41, 5.74) is 0.574. The van der Waals surface area contributed by atoms with Crippen LogP contribution in [0.4, 0.5) is 19.0 Å². The van der Waals surface area contributed by atoms with Gasteiger partial charge in [0.1, 0.15) is 17.1 Å². The van der Waals surface area contributed by atoms with Crippen molar-refractivity contribution in [1.29, 1.82) is 0 Å². The van der Waals surface area contributed by atoms with Gasteiger partial charge in [-0.3, -0.25) is 0 Å². The number of fused-ring (bicyclic) bond motifs is 4. The van der Waals surface area contributed by atoms with Gasteiger partial charge >= 0.3 is 6.01 Å². The minimum absolute atomic E-state index is 0.0167. The number of phenols is 1. The van der Waals surface area contributed by atoms with Crippen LogP contribution in [0.5, 0.6) is 11.8 Å². The predicted molar refractivity (Wildman–Crippen MR) is 179 cm³/mol. The highest BCUT2D eigenvalue weighted by atomic mass is 19.2. The van der Waals surface area contributed by atoms with Crippen LogP contribution in [0, 0.1) is 28.3 Å². The van der Waals surface area contributed by atoms with E-state index < -0.39 is 17.5 Å². The monoisotopic (exact) mass is 658 g/mol. The van der Waals surface area contributed by atoms with Crippen molar-refractivity contribution in [3.63, 3.8) is 0 Å². The molecule has 252 valence electrons. The standard InChI is InChI=1S/C37H41F3N6O2/c1-44-12-10-36(18-44)11-13-45(19-36)20-37(8-9-37)21-48-35-42-33-27(34(43-35)46-16-23-3-4-24(17-46)41-23)6-5-26(31(33)39)28-15-25(47)14-22-2-7-29(38)32(40)30(22)28/h2,5-7,14-15,23-24,41,47H,3-4,8-13,16-21H2,1H3. The van der Waals surface area contributed by atoms with E-state index in [1.54, 1.807) is 12.1 Å². The summed E-state index contributed by atoms with van der Waals surface area (Å²) in [6, 6.07) is 9.07. The molecule has 5 fully saturated rings. The van der Waals surface area contributed by atoms with Gasteiger partial charge in [0, 0.05) is 66.6 Å². The van der Waals surface area contributed by atoms with Gasteiger partial charge in [0.05, 0.1) is 6.61 Å². The number of anilines is 1. The summed E-state index contributed by atoms with van der Waals surface area (Å²) in [6.45, 7) is 7.49. The van der Waals surface area contributed by atoms with Crippen LogP contribution in [-0.2, 0) is 0 Å². The Hall–Kier alpha value is -3.67. The van der Waals surface area contributed by atoms with E-state index >= 15 is 8.78 Å². The Balaban J connectivity index is 1.07. The van der Waals surface area contributed by atoms with Gasteiger partial charge in [0.25, 0.3) is 0 Å². The van der Waals surface area contributed by atoms with Gasteiger partial charge in [-0.05, 0) is 99.3 Å². The van der Waals surface area contributed by atoms with E-state index in [4.69, 9.17) is 9.72 Å². The Bertz CT molecular complexity index is 1930. The van der Waals surface area contributed by atoms with Crippen molar-refractivity contribution in [2.45, 2.75) is 50.6 Å². The molecule has 2 bridgehead atoms. The van der Waals surface area contributed by atoms with E-state index in [1.165, 1.54) is 44.1 Å². The van der Waals surface area contributed by atoms with Gasteiger partial charge in [-0.1, -0.05) is 12.1 Å². The largest absolute Gasteiger partial charge is 0.508 e. The Morgan fingerprint density at radius 3 is 2.46 bits per heavy atom. The summed E-state index contributed by atoms with van der Waals surface area (Å²) in [4.78, 5) is 16.8. The summed E-state index contributed by atoms with van der Waals surface area (Å²) in [7, 11) is 2.21. The van der Waals surface area contributed by atoms with Crippen molar-refractivity contribution in [1.82, 2.24) is 25.1 Å². The van der Waals surface area contributed by atoms with Gasteiger partial charge in [-0.15, -0.1) is 0 Å². The molecule has 9 rings (SSSR count). The van der Waals surface area contributed by atoms with Crippen molar-refractivity contribution in [2.75, 3.05) is 64.4 Å². The van der Waals surface area contributed by atoms with Crippen molar-refractivity contribution in [2.24, 2.45) is 10.8 Å². The topological polar surface area (TPSA) is 77.0 Å². The second-order valence-corrected chi connectivity index (χ2v) is 15.4. The van der Waals surface area contributed by atoms with Crippen LogP contribution in [0.3, 0.4) is 0 Å². The van der Waals surface area contributed by atoms with Crippen molar-refractivity contribution in [3.05, 3.63) is 53.8 Å². The Kier molecular flexibility index (Phi) is 7.08. The van der Waals surface area contributed by atoms with Crippen LogP contribution in [0.1, 0.15) is 38.5 Å². The third kappa shape index (κ3) is 5.25. The molecule has 4 saturated heterocycles. The molecule has 4 aliphatic heterocycles.